The first kappa shape index (κ1) is 14.6. The van der Waals surface area contributed by atoms with Gasteiger partial charge in [-0.15, -0.1) is 11.8 Å². The summed E-state index contributed by atoms with van der Waals surface area (Å²) in [5.74, 6) is 0.953. The van der Waals surface area contributed by atoms with Gasteiger partial charge >= 0.3 is 0 Å². The molecule has 0 aliphatic carbocycles. The van der Waals surface area contributed by atoms with E-state index in [-0.39, 0.29) is 0 Å². The van der Waals surface area contributed by atoms with Crippen LogP contribution in [0.15, 0.2) is 51.8 Å². The van der Waals surface area contributed by atoms with Crippen LogP contribution in [-0.2, 0) is 5.75 Å². The number of benzene rings is 2. The lowest BCUT2D eigenvalue weighted by molar-refractivity contribution is 0.199. The maximum Gasteiger partial charge on any atom is 0.0762 e. The van der Waals surface area contributed by atoms with Crippen molar-refractivity contribution in [2.75, 3.05) is 0 Å². The average Bonchev–Trinajstić information content (AvgIpc) is 2.37. The molecule has 2 aromatic carbocycles. The Labute approximate surface area is 127 Å². The van der Waals surface area contributed by atoms with E-state index in [0.717, 1.165) is 15.8 Å². The molecule has 0 saturated heterocycles. The minimum Gasteiger partial charge on any atom is -0.389 e. The normalized spacial score (nSPS) is 12.4. The van der Waals surface area contributed by atoms with E-state index in [1.54, 1.807) is 18.7 Å². The molecule has 2 aromatic rings. The largest absolute Gasteiger partial charge is 0.389 e. The third-order valence-electron chi connectivity index (χ3n) is 2.92. The van der Waals surface area contributed by atoms with Gasteiger partial charge < -0.3 is 5.11 Å². The van der Waals surface area contributed by atoms with Crippen LogP contribution in [0.2, 0.25) is 0 Å². The summed E-state index contributed by atoms with van der Waals surface area (Å²) in [6.45, 7) is 3.89. The monoisotopic (exact) mass is 336 g/mol. The zero-order chi connectivity index (χ0) is 13.8. The summed E-state index contributed by atoms with van der Waals surface area (Å²) >= 11 is 5.37. The highest BCUT2D eigenvalue weighted by Gasteiger charge is 2.06. The van der Waals surface area contributed by atoms with Crippen molar-refractivity contribution in [3.8, 4) is 0 Å². The van der Waals surface area contributed by atoms with Crippen molar-refractivity contribution < 1.29 is 5.11 Å². The van der Waals surface area contributed by atoms with Gasteiger partial charge in [-0.1, -0.05) is 35.9 Å². The number of aryl methyl sites for hydroxylation is 1. The smallest absolute Gasteiger partial charge is 0.0762 e. The molecule has 0 heterocycles. The summed E-state index contributed by atoms with van der Waals surface area (Å²) in [5.41, 5.74) is 3.56. The van der Waals surface area contributed by atoms with Crippen LogP contribution in [0.25, 0.3) is 0 Å². The summed E-state index contributed by atoms with van der Waals surface area (Å²) in [7, 11) is 0. The van der Waals surface area contributed by atoms with Crippen molar-refractivity contribution in [2.45, 2.75) is 30.6 Å². The summed E-state index contributed by atoms with van der Waals surface area (Å²) in [6.07, 6.45) is -0.424. The van der Waals surface area contributed by atoms with Gasteiger partial charge in [0.05, 0.1) is 6.10 Å². The molecule has 0 spiro atoms. The van der Waals surface area contributed by atoms with E-state index in [9.17, 15) is 5.11 Å². The first-order valence-corrected chi connectivity index (χ1v) is 8.00. The standard InChI is InChI=1S/C16H17BrOS/c1-11-4-3-5-13(8-11)10-19-16-7-6-14(12(2)18)9-15(16)17/h3-9,12,18H,10H2,1-2H3/t12-/m1/s1. The van der Waals surface area contributed by atoms with E-state index >= 15 is 0 Å². The third-order valence-corrected chi connectivity index (χ3v) is 4.98. The number of halogens is 1. The predicted molar refractivity (Wildman–Crippen MR) is 85.5 cm³/mol. The lowest BCUT2D eigenvalue weighted by Gasteiger charge is -2.09. The second-order valence-electron chi connectivity index (χ2n) is 4.64. The maximum atomic E-state index is 9.55. The summed E-state index contributed by atoms with van der Waals surface area (Å²) in [5, 5.41) is 9.55. The molecule has 3 heteroatoms. The molecule has 0 radical (unpaired) electrons. The summed E-state index contributed by atoms with van der Waals surface area (Å²) in [6, 6.07) is 14.6. The number of rotatable bonds is 4. The fraction of sp³-hybridized carbons (Fsp3) is 0.250. The van der Waals surface area contributed by atoms with Crippen LogP contribution >= 0.6 is 27.7 Å². The lowest BCUT2D eigenvalue weighted by atomic mass is 10.1. The first-order chi connectivity index (χ1) is 9.06. The molecule has 0 aliphatic heterocycles. The SMILES string of the molecule is Cc1cccc(CSc2ccc([C@@H](C)O)cc2Br)c1. The number of hydrogen-bond donors (Lipinski definition) is 1. The van der Waals surface area contributed by atoms with Gasteiger partial charge in [-0.25, -0.2) is 0 Å². The van der Waals surface area contributed by atoms with Crippen molar-refractivity contribution in [3.63, 3.8) is 0 Å². The van der Waals surface area contributed by atoms with Crippen molar-refractivity contribution in [1.82, 2.24) is 0 Å². The fourth-order valence-electron chi connectivity index (χ4n) is 1.86. The molecule has 0 amide bonds. The van der Waals surface area contributed by atoms with E-state index in [0.29, 0.717) is 0 Å². The molecule has 0 bridgehead atoms. The summed E-state index contributed by atoms with van der Waals surface area (Å²) in [4.78, 5) is 1.20. The quantitative estimate of drug-likeness (QED) is 0.783. The number of aliphatic hydroxyl groups excluding tert-OH is 1. The topological polar surface area (TPSA) is 20.2 Å². The molecule has 0 aliphatic rings. The minimum atomic E-state index is -0.424. The number of aliphatic hydroxyl groups is 1. The van der Waals surface area contributed by atoms with Crippen molar-refractivity contribution >= 4 is 27.7 Å². The van der Waals surface area contributed by atoms with Crippen LogP contribution in [0, 0.1) is 6.92 Å². The van der Waals surface area contributed by atoms with Crippen LogP contribution in [0.5, 0.6) is 0 Å². The molecular weight excluding hydrogens is 320 g/mol. The van der Waals surface area contributed by atoms with E-state index in [1.165, 1.54) is 16.0 Å². The molecule has 19 heavy (non-hydrogen) atoms. The Morgan fingerprint density at radius 1 is 1.21 bits per heavy atom. The molecule has 1 nitrogen and oxygen atoms in total. The van der Waals surface area contributed by atoms with Crippen LogP contribution in [-0.4, -0.2) is 5.11 Å². The average molecular weight is 337 g/mol. The van der Waals surface area contributed by atoms with Gasteiger partial charge in [-0.3, -0.25) is 0 Å². The Hall–Kier alpha value is -0.770. The second-order valence-corrected chi connectivity index (χ2v) is 6.52. The van der Waals surface area contributed by atoms with E-state index in [1.807, 2.05) is 12.1 Å². The molecule has 0 unspecified atom stereocenters. The van der Waals surface area contributed by atoms with Crippen molar-refractivity contribution in [2.24, 2.45) is 0 Å². The zero-order valence-electron chi connectivity index (χ0n) is 11.1. The van der Waals surface area contributed by atoms with Crippen LogP contribution in [0.1, 0.15) is 29.7 Å². The molecule has 0 aromatic heterocycles. The Kier molecular flexibility index (Phi) is 5.08. The van der Waals surface area contributed by atoms with E-state index in [2.05, 4.69) is 53.2 Å². The maximum absolute atomic E-state index is 9.55. The number of thioether (sulfide) groups is 1. The molecule has 0 fully saturated rings. The Bertz CT molecular complexity index is 566. The van der Waals surface area contributed by atoms with Crippen molar-refractivity contribution in [1.29, 1.82) is 0 Å². The van der Waals surface area contributed by atoms with Gasteiger partial charge in [-0.05, 0) is 53.0 Å². The van der Waals surface area contributed by atoms with Crippen LogP contribution in [0.3, 0.4) is 0 Å². The first-order valence-electron chi connectivity index (χ1n) is 6.22. The lowest BCUT2D eigenvalue weighted by Crippen LogP contribution is -1.91. The second kappa shape index (κ2) is 6.60. The fourth-order valence-corrected chi connectivity index (χ4v) is 3.46. The zero-order valence-corrected chi connectivity index (χ0v) is 13.5. The van der Waals surface area contributed by atoms with Gasteiger partial charge in [0.25, 0.3) is 0 Å². The summed E-state index contributed by atoms with van der Waals surface area (Å²) < 4.78 is 1.04. The van der Waals surface area contributed by atoms with Crippen LogP contribution in [0.4, 0.5) is 0 Å². The molecule has 2 rings (SSSR count). The number of hydrogen-bond acceptors (Lipinski definition) is 2. The van der Waals surface area contributed by atoms with E-state index in [4.69, 9.17) is 0 Å². The molecule has 1 N–H and O–H groups in total. The Balaban J connectivity index is 2.07. The van der Waals surface area contributed by atoms with Gasteiger partial charge in [0.15, 0.2) is 0 Å². The highest BCUT2D eigenvalue weighted by Crippen LogP contribution is 2.32. The Morgan fingerprint density at radius 3 is 2.63 bits per heavy atom. The molecule has 100 valence electrons. The van der Waals surface area contributed by atoms with E-state index < -0.39 is 6.10 Å². The van der Waals surface area contributed by atoms with Gasteiger partial charge in [0.2, 0.25) is 0 Å². The molecule has 0 saturated carbocycles. The van der Waals surface area contributed by atoms with Crippen molar-refractivity contribution in [3.05, 3.63) is 63.6 Å². The van der Waals surface area contributed by atoms with Crippen LogP contribution < -0.4 is 0 Å². The van der Waals surface area contributed by atoms with Gasteiger partial charge in [0.1, 0.15) is 0 Å². The highest BCUT2D eigenvalue weighted by atomic mass is 79.9. The predicted octanol–water partition coefficient (Wildman–Crippen LogP) is 5.10. The molecular formula is C16H17BrOS. The Morgan fingerprint density at radius 2 is 2.00 bits per heavy atom. The minimum absolute atomic E-state index is 0.424. The highest BCUT2D eigenvalue weighted by molar-refractivity contribution is 9.10. The van der Waals surface area contributed by atoms with Gasteiger partial charge in [0, 0.05) is 15.1 Å². The molecule has 1 atom stereocenters. The van der Waals surface area contributed by atoms with Gasteiger partial charge in [-0.2, -0.15) is 0 Å². The third kappa shape index (κ3) is 4.10.